The van der Waals surface area contributed by atoms with E-state index in [0.29, 0.717) is 5.41 Å². The molecule has 2 nitrogen and oxygen atoms in total. The minimum Gasteiger partial charge on any atom is -0.384 e. The highest BCUT2D eigenvalue weighted by Crippen LogP contribution is 2.43. The molecule has 1 N–H and O–H groups in total. The van der Waals surface area contributed by atoms with Crippen molar-refractivity contribution in [2.75, 3.05) is 26.8 Å². The Bertz CT molecular complexity index is 144. The number of hydrogen-bond donors (Lipinski definition) is 1. The number of methoxy groups -OCH3 is 1. The SMILES string of the molecule is COCC12CCC(CNC1)C2.[HH]. The maximum Gasteiger partial charge on any atom is 0.0530 e. The fraction of sp³-hybridized carbons (Fsp3) is 1.00. The maximum atomic E-state index is 5.26. The third kappa shape index (κ3) is 1.30. The highest BCUT2D eigenvalue weighted by Gasteiger charge is 2.41. The maximum absolute atomic E-state index is 5.26. The molecule has 0 aromatic carbocycles. The van der Waals surface area contributed by atoms with Gasteiger partial charge in [0.25, 0.3) is 0 Å². The van der Waals surface area contributed by atoms with E-state index in [4.69, 9.17) is 4.74 Å². The van der Waals surface area contributed by atoms with Crippen LogP contribution in [0, 0.1) is 11.3 Å². The summed E-state index contributed by atoms with van der Waals surface area (Å²) < 4.78 is 5.26. The van der Waals surface area contributed by atoms with Gasteiger partial charge in [-0.25, -0.2) is 0 Å². The number of nitrogens with one attached hydrogen (secondary N) is 1. The van der Waals surface area contributed by atoms with Crippen LogP contribution in [-0.2, 0) is 4.74 Å². The summed E-state index contributed by atoms with van der Waals surface area (Å²) in [5.41, 5.74) is 0.512. The van der Waals surface area contributed by atoms with Crippen molar-refractivity contribution in [3.8, 4) is 0 Å². The second-order valence-electron chi connectivity index (χ2n) is 4.17. The van der Waals surface area contributed by atoms with E-state index in [9.17, 15) is 0 Å². The first-order valence-corrected chi connectivity index (χ1v) is 4.54. The molecule has 2 unspecified atom stereocenters. The molecule has 1 saturated carbocycles. The Hall–Kier alpha value is -0.0800. The lowest BCUT2D eigenvalue weighted by Gasteiger charge is -2.32. The van der Waals surface area contributed by atoms with E-state index in [1.54, 1.807) is 0 Å². The van der Waals surface area contributed by atoms with Crippen LogP contribution in [0.5, 0.6) is 0 Å². The molecule has 2 fully saturated rings. The minimum absolute atomic E-state index is 0. The lowest BCUT2D eigenvalue weighted by Crippen LogP contribution is -2.41. The topological polar surface area (TPSA) is 21.3 Å². The third-order valence-corrected chi connectivity index (χ3v) is 3.19. The second kappa shape index (κ2) is 2.76. The smallest absolute Gasteiger partial charge is 0.0530 e. The van der Waals surface area contributed by atoms with Gasteiger partial charge in [0, 0.05) is 20.5 Å². The van der Waals surface area contributed by atoms with Crippen LogP contribution in [0.2, 0.25) is 0 Å². The molecule has 1 heterocycles. The van der Waals surface area contributed by atoms with Crippen LogP contribution in [0.3, 0.4) is 0 Å². The fourth-order valence-corrected chi connectivity index (χ4v) is 2.69. The number of rotatable bonds is 2. The van der Waals surface area contributed by atoms with Crippen molar-refractivity contribution in [1.29, 1.82) is 0 Å². The van der Waals surface area contributed by atoms with E-state index in [2.05, 4.69) is 5.32 Å². The second-order valence-corrected chi connectivity index (χ2v) is 4.17. The Morgan fingerprint density at radius 1 is 1.73 bits per heavy atom. The van der Waals surface area contributed by atoms with Gasteiger partial charge in [0.05, 0.1) is 6.61 Å². The Labute approximate surface area is 69.8 Å². The molecule has 0 aromatic rings. The molecule has 11 heavy (non-hydrogen) atoms. The fourth-order valence-electron chi connectivity index (χ4n) is 2.69. The van der Waals surface area contributed by atoms with Gasteiger partial charge in [0.2, 0.25) is 0 Å². The molecule has 1 aliphatic heterocycles. The van der Waals surface area contributed by atoms with Gasteiger partial charge < -0.3 is 10.1 Å². The Morgan fingerprint density at radius 3 is 3.45 bits per heavy atom. The van der Waals surface area contributed by atoms with Crippen molar-refractivity contribution in [3.05, 3.63) is 0 Å². The predicted molar refractivity (Wildman–Crippen MR) is 46.6 cm³/mol. The standard InChI is InChI=1S/C9H17NO.H2/c1-11-7-9-3-2-8(4-9)5-10-6-9;/h8,10H,2-7H2,1H3;1H. The van der Waals surface area contributed by atoms with Crippen LogP contribution in [-0.4, -0.2) is 26.8 Å². The summed E-state index contributed by atoms with van der Waals surface area (Å²) in [7, 11) is 1.82. The van der Waals surface area contributed by atoms with Gasteiger partial charge in [-0.15, -0.1) is 0 Å². The number of hydrogen-bond acceptors (Lipinski definition) is 2. The van der Waals surface area contributed by atoms with Crippen LogP contribution in [0.1, 0.15) is 20.7 Å². The Kier molecular flexibility index (Phi) is 1.90. The number of piperidine rings is 1. The normalized spacial score (nSPS) is 42.8. The Morgan fingerprint density at radius 2 is 2.64 bits per heavy atom. The molecule has 2 rings (SSSR count). The van der Waals surface area contributed by atoms with Crippen molar-refractivity contribution in [1.82, 2.24) is 5.32 Å². The van der Waals surface area contributed by atoms with Gasteiger partial charge in [0.15, 0.2) is 0 Å². The van der Waals surface area contributed by atoms with Crippen LogP contribution in [0.25, 0.3) is 0 Å². The summed E-state index contributed by atoms with van der Waals surface area (Å²) >= 11 is 0. The first-order chi connectivity index (χ1) is 5.35. The molecule has 1 aliphatic carbocycles. The van der Waals surface area contributed by atoms with Gasteiger partial charge in [-0.1, -0.05) is 0 Å². The van der Waals surface area contributed by atoms with Gasteiger partial charge in [-0.3, -0.25) is 0 Å². The van der Waals surface area contributed by atoms with Crippen molar-refractivity contribution >= 4 is 0 Å². The highest BCUT2D eigenvalue weighted by molar-refractivity contribution is 4.95. The van der Waals surface area contributed by atoms with E-state index in [0.717, 1.165) is 12.5 Å². The minimum atomic E-state index is 0. The third-order valence-electron chi connectivity index (χ3n) is 3.19. The van der Waals surface area contributed by atoms with E-state index in [1.807, 2.05) is 7.11 Å². The lowest BCUT2D eigenvalue weighted by molar-refractivity contribution is 0.0702. The average Bonchev–Trinajstić information content (AvgIpc) is 2.28. The van der Waals surface area contributed by atoms with Gasteiger partial charge in [-0.2, -0.15) is 0 Å². The zero-order valence-electron chi connectivity index (χ0n) is 7.23. The molecule has 2 heteroatoms. The van der Waals surface area contributed by atoms with Crippen molar-refractivity contribution < 1.29 is 6.16 Å². The first kappa shape index (κ1) is 7.56. The van der Waals surface area contributed by atoms with Crippen LogP contribution < -0.4 is 5.32 Å². The zero-order valence-corrected chi connectivity index (χ0v) is 7.23. The largest absolute Gasteiger partial charge is 0.384 e. The highest BCUT2D eigenvalue weighted by atomic mass is 16.5. The summed E-state index contributed by atoms with van der Waals surface area (Å²) in [6.07, 6.45) is 4.18. The van der Waals surface area contributed by atoms with Gasteiger partial charge >= 0.3 is 0 Å². The molecule has 0 radical (unpaired) electrons. The monoisotopic (exact) mass is 157 g/mol. The molecule has 2 atom stereocenters. The van der Waals surface area contributed by atoms with Crippen LogP contribution in [0.15, 0.2) is 0 Å². The number of fused-ring (bicyclic) bond motifs is 2. The van der Waals surface area contributed by atoms with Crippen molar-refractivity contribution in [3.63, 3.8) is 0 Å². The molecule has 0 aromatic heterocycles. The lowest BCUT2D eigenvalue weighted by atomic mass is 9.84. The molecular weight excluding hydrogens is 138 g/mol. The van der Waals surface area contributed by atoms with Gasteiger partial charge in [-0.05, 0) is 31.7 Å². The predicted octanol–water partition coefficient (Wildman–Crippen LogP) is 1.27. The molecule has 2 aliphatic rings. The van der Waals surface area contributed by atoms with Gasteiger partial charge in [0.1, 0.15) is 0 Å². The summed E-state index contributed by atoms with van der Waals surface area (Å²) in [4.78, 5) is 0. The summed E-state index contributed by atoms with van der Waals surface area (Å²) in [6.45, 7) is 3.37. The van der Waals surface area contributed by atoms with E-state index in [1.165, 1.54) is 32.4 Å². The summed E-state index contributed by atoms with van der Waals surface area (Å²) in [5, 5.41) is 3.49. The molecular formula is C9H19NO. The van der Waals surface area contributed by atoms with Crippen molar-refractivity contribution in [2.45, 2.75) is 19.3 Å². The van der Waals surface area contributed by atoms with Crippen LogP contribution in [0.4, 0.5) is 0 Å². The molecule has 1 saturated heterocycles. The molecule has 0 amide bonds. The van der Waals surface area contributed by atoms with E-state index >= 15 is 0 Å². The van der Waals surface area contributed by atoms with E-state index < -0.39 is 0 Å². The molecule has 0 spiro atoms. The molecule has 2 bridgehead atoms. The summed E-state index contributed by atoms with van der Waals surface area (Å²) in [6, 6.07) is 0. The average molecular weight is 157 g/mol. The Balaban J connectivity index is 0.000000720. The zero-order chi connectivity index (χ0) is 7.73. The first-order valence-electron chi connectivity index (χ1n) is 4.54. The van der Waals surface area contributed by atoms with Crippen molar-refractivity contribution in [2.24, 2.45) is 11.3 Å². The number of ether oxygens (including phenoxy) is 1. The summed E-state index contributed by atoms with van der Waals surface area (Å²) in [5.74, 6) is 0.943. The van der Waals surface area contributed by atoms with Crippen LogP contribution >= 0.6 is 0 Å². The quantitative estimate of drug-likeness (QED) is 0.651. The molecule has 66 valence electrons. The van der Waals surface area contributed by atoms with E-state index in [-0.39, 0.29) is 1.43 Å².